The van der Waals surface area contributed by atoms with Crippen LogP contribution in [0.4, 0.5) is 0 Å². The van der Waals surface area contributed by atoms with Crippen LogP contribution in [0.3, 0.4) is 0 Å². The van der Waals surface area contributed by atoms with E-state index in [0.29, 0.717) is 6.61 Å². The lowest BCUT2D eigenvalue weighted by atomic mass is 9.98. The van der Waals surface area contributed by atoms with E-state index >= 15 is 0 Å². The third-order valence-electron chi connectivity index (χ3n) is 7.27. The van der Waals surface area contributed by atoms with Crippen molar-refractivity contribution in [3.05, 3.63) is 96.1 Å². The number of carboxylic acids is 1. The molecule has 0 bridgehead atoms. The van der Waals surface area contributed by atoms with Crippen molar-refractivity contribution in [3.8, 4) is 11.1 Å². The fraction of sp³-hybridized carbons (Fsp3) is 0.382. The van der Waals surface area contributed by atoms with Crippen molar-refractivity contribution in [1.82, 2.24) is 10.6 Å². The summed E-state index contributed by atoms with van der Waals surface area (Å²) >= 11 is 0. The SMILES string of the molecule is CC(CNC(=O)[C@H](Cc1ccc(-c2ccccc2)cc1)NC(Cc1ccccc1)C(=O)OCC1COC(C)(C)O1)C(=O)O. The number of amides is 1. The van der Waals surface area contributed by atoms with Gasteiger partial charge < -0.3 is 24.6 Å². The Morgan fingerprint density at radius 2 is 1.47 bits per heavy atom. The van der Waals surface area contributed by atoms with Crippen LogP contribution in [0.1, 0.15) is 31.9 Å². The highest BCUT2D eigenvalue weighted by atomic mass is 16.7. The number of carbonyl (C=O) groups is 3. The van der Waals surface area contributed by atoms with E-state index in [1.165, 1.54) is 6.92 Å². The molecule has 3 aromatic carbocycles. The molecule has 4 atom stereocenters. The Morgan fingerprint density at radius 1 is 0.884 bits per heavy atom. The van der Waals surface area contributed by atoms with E-state index in [2.05, 4.69) is 10.6 Å². The van der Waals surface area contributed by atoms with Crippen LogP contribution in [-0.2, 0) is 41.4 Å². The zero-order chi connectivity index (χ0) is 30.8. The molecule has 9 nitrogen and oxygen atoms in total. The Morgan fingerprint density at radius 3 is 2.07 bits per heavy atom. The predicted molar refractivity (Wildman–Crippen MR) is 162 cm³/mol. The number of hydrogen-bond acceptors (Lipinski definition) is 7. The molecule has 3 N–H and O–H groups in total. The molecular formula is C34H40N2O7. The van der Waals surface area contributed by atoms with E-state index in [4.69, 9.17) is 14.2 Å². The molecule has 1 amide bonds. The molecule has 1 aliphatic rings. The first-order valence-corrected chi connectivity index (χ1v) is 14.5. The lowest BCUT2D eigenvalue weighted by Gasteiger charge is -2.25. The number of hydrogen-bond donors (Lipinski definition) is 3. The number of rotatable bonds is 14. The van der Waals surface area contributed by atoms with Gasteiger partial charge in [0.25, 0.3) is 0 Å². The average molecular weight is 589 g/mol. The second kappa shape index (κ2) is 14.9. The summed E-state index contributed by atoms with van der Waals surface area (Å²) in [6.07, 6.45) is 0.167. The third kappa shape index (κ3) is 9.74. The van der Waals surface area contributed by atoms with Crippen molar-refractivity contribution >= 4 is 17.8 Å². The predicted octanol–water partition coefficient (Wildman–Crippen LogP) is 4.00. The molecule has 1 aliphatic heterocycles. The van der Waals surface area contributed by atoms with Gasteiger partial charge in [-0.3, -0.25) is 19.7 Å². The van der Waals surface area contributed by atoms with Gasteiger partial charge in [0.15, 0.2) is 5.79 Å². The molecule has 0 aliphatic carbocycles. The molecule has 3 aromatic rings. The van der Waals surface area contributed by atoms with E-state index in [1.807, 2.05) is 84.9 Å². The molecule has 43 heavy (non-hydrogen) atoms. The fourth-order valence-corrected chi connectivity index (χ4v) is 4.81. The summed E-state index contributed by atoms with van der Waals surface area (Å²) < 4.78 is 17.0. The van der Waals surface area contributed by atoms with E-state index in [9.17, 15) is 19.5 Å². The van der Waals surface area contributed by atoms with Crippen LogP contribution in [0, 0.1) is 5.92 Å². The van der Waals surface area contributed by atoms with Gasteiger partial charge in [0.2, 0.25) is 5.91 Å². The first-order valence-electron chi connectivity index (χ1n) is 14.5. The first kappa shape index (κ1) is 31.9. The molecule has 0 spiro atoms. The van der Waals surface area contributed by atoms with Gasteiger partial charge in [0.05, 0.1) is 18.6 Å². The van der Waals surface area contributed by atoms with E-state index in [-0.39, 0.29) is 26.0 Å². The molecule has 4 rings (SSSR count). The van der Waals surface area contributed by atoms with Crippen LogP contribution in [-0.4, -0.2) is 66.7 Å². The van der Waals surface area contributed by atoms with Gasteiger partial charge in [-0.15, -0.1) is 0 Å². The van der Waals surface area contributed by atoms with Crippen LogP contribution in [0.25, 0.3) is 11.1 Å². The van der Waals surface area contributed by atoms with Gasteiger partial charge in [-0.05, 0) is 48.9 Å². The highest BCUT2D eigenvalue weighted by molar-refractivity contribution is 5.84. The summed E-state index contributed by atoms with van der Waals surface area (Å²) in [5, 5.41) is 15.3. The van der Waals surface area contributed by atoms with E-state index in [1.54, 1.807) is 13.8 Å². The Balaban J connectivity index is 1.52. The number of carbonyl (C=O) groups excluding carboxylic acids is 2. The van der Waals surface area contributed by atoms with Gasteiger partial charge in [-0.2, -0.15) is 0 Å². The molecule has 1 heterocycles. The molecule has 0 aromatic heterocycles. The summed E-state index contributed by atoms with van der Waals surface area (Å²) in [5.74, 6) is -3.44. The second-order valence-electron chi connectivity index (χ2n) is 11.3. The van der Waals surface area contributed by atoms with Crippen LogP contribution in [0.2, 0.25) is 0 Å². The molecule has 3 unspecified atom stereocenters. The lowest BCUT2D eigenvalue weighted by molar-refractivity contribution is -0.160. The minimum Gasteiger partial charge on any atom is -0.481 e. The Hall–Kier alpha value is -4.05. The quantitative estimate of drug-likeness (QED) is 0.242. The van der Waals surface area contributed by atoms with Gasteiger partial charge in [-0.1, -0.05) is 91.9 Å². The molecule has 9 heteroatoms. The molecule has 1 saturated heterocycles. The molecule has 228 valence electrons. The third-order valence-corrected chi connectivity index (χ3v) is 7.27. The molecular weight excluding hydrogens is 548 g/mol. The monoisotopic (exact) mass is 588 g/mol. The van der Waals surface area contributed by atoms with Crippen LogP contribution < -0.4 is 10.6 Å². The maximum Gasteiger partial charge on any atom is 0.323 e. The van der Waals surface area contributed by atoms with Crippen LogP contribution >= 0.6 is 0 Å². The van der Waals surface area contributed by atoms with E-state index in [0.717, 1.165) is 22.3 Å². The number of esters is 1. The highest BCUT2D eigenvalue weighted by Gasteiger charge is 2.35. The van der Waals surface area contributed by atoms with Gasteiger partial charge in [0.1, 0.15) is 18.8 Å². The minimum absolute atomic E-state index is 0.0170. The van der Waals surface area contributed by atoms with Gasteiger partial charge in [0, 0.05) is 6.54 Å². The number of nitrogens with one attached hydrogen (secondary N) is 2. The van der Waals surface area contributed by atoms with Crippen molar-refractivity contribution in [2.75, 3.05) is 19.8 Å². The number of aliphatic carboxylic acids is 1. The Bertz CT molecular complexity index is 1350. The van der Waals surface area contributed by atoms with Gasteiger partial charge in [-0.25, -0.2) is 0 Å². The zero-order valence-corrected chi connectivity index (χ0v) is 24.8. The highest BCUT2D eigenvalue weighted by Crippen LogP contribution is 2.23. The average Bonchev–Trinajstić information content (AvgIpc) is 3.37. The minimum atomic E-state index is -1.01. The lowest BCUT2D eigenvalue weighted by Crippen LogP contribution is -2.54. The largest absolute Gasteiger partial charge is 0.481 e. The molecule has 0 saturated carbocycles. The van der Waals surface area contributed by atoms with Crippen molar-refractivity contribution in [2.45, 2.75) is 57.6 Å². The summed E-state index contributed by atoms with van der Waals surface area (Å²) in [7, 11) is 0. The maximum atomic E-state index is 13.5. The van der Waals surface area contributed by atoms with Crippen molar-refractivity contribution in [2.24, 2.45) is 5.92 Å². The van der Waals surface area contributed by atoms with Gasteiger partial charge >= 0.3 is 11.9 Å². The summed E-state index contributed by atoms with van der Waals surface area (Å²) in [5.41, 5.74) is 3.89. The summed E-state index contributed by atoms with van der Waals surface area (Å²) in [4.78, 5) is 38.3. The summed E-state index contributed by atoms with van der Waals surface area (Å²) in [6.45, 7) is 5.41. The molecule has 1 fully saturated rings. The number of ether oxygens (including phenoxy) is 3. The summed E-state index contributed by atoms with van der Waals surface area (Å²) in [6, 6.07) is 25.6. The fourth-order valence-electron chi connectivity index (χ4n) is 4.81. The van der Waals surface area contributed by atoms with Crippen LogP contribution in [0.15, 0.2) is 84.9 Å². The standard InChI is InChI=1S/C34H40N2O7/c1-23(32(38)39)20-35-31(37)29(18-25-14-16-27(17-15-25)26-12-8-5-9-13-26)36-30(19-24-10-6-4-7-11-24)33(40)41-21-28-22-42-34(2,3)43-28/h4-17,23,28-30,36H,18-22H2,1-3H3,(H,35,37)(H,38,39)/t23?,28?,29-,30?/m0/s1. The second-order valence-corrected chi connectivity index (χ2v) is 11.3. The maximum absolute atomic E-state index is 13.5. The Labute approximate surface area is 252 Å². The van der Waals surface area contributed by atoms with E-state index < -0.39 is 47.7 Å². The van der Waals surface area contributed by atoms with Crippen molar-refractivity contribution < 1.29 is 33.7 Å². The van der Waals surface area contributed by atoms with Crippen LogP contribution in [0.5, 0.6) is 0 Å². The normalized spacial score (nSPS) is 17.9. The number of benzene rings is 3. The van der Waals surface area contributed by atoms with Crippen molar-refractivity contribution in [3.63, 3.8) is 0 Å². The first-order chi connectivity index (χ1) is 20.6. The number of carboxylic acid groups (broad SMARTS) is 1. The smallest absolute Gasteiger partial charge is 0.323 e. The van der Waals surface area contributed by atoms with Crippen molar-refractivity contribution in [1.29, 1.82) is 0 Å². The Kier molecular flexibility index (Phi) is 11.1. The zero-order valence-electron chi connectivity index (χ0n) is 24.8. The molecule has 0 radical (unpaired) electrons. The topological polar surface area (TPSA) is 123 Å².